The summed E-state index contributed by atoms with van der Waals surface area (Å²) < 4.78 is 6.05. The molecule has 0 bridgehead atoms. The van der Waals surface area contributed by atoms with Crippen LogP contribution in [0, 0.1) is 0 Å². The van der Waals surface area contributed by atoms with Crippen molar-refractivity contribution < 1.29 is 14.6 Å². The maximum Gasteiger partial charge on any atom is 0.339 e. The van der Waals surface area contributed by atoms with Gasteiger partial charge in [-0.25, -0.2) is 9.78 Å². The van der Waals surface area contributed by atoms with Crippen LogP contribution in [-0.2, 0) is 0 Å². The maximum absolute atomic E-state index is 11.9. The number of ether oxygens (including phenoxy) is 1. The Morgan fingerprint density at radius 3 is 2.78 bits per heavy atom. The van der Waals surface area contributed by atoms with E-state index in [0.29, 0.717) is 23.6 Å². The first-order chi connectivity index (χ1) is 17.7. The zero-order valence-corrected chi connectivity index (χ0v) is 20.1. The molecule has 2 aromatic heterocycles. The summed E-state index contributed by atoms with van der Waals surface area (Å²) in [6, 6.07) is 21.1. The Labute approximate surface area is 210 Å². The van der Waals surface area contributed by atoms with Crippen LogP contribution in [0.4, 0.5) is 0 Å². The third-order valence-corrected chi connectivity index (χ3v) is 7.52. The number of carboxylic acid groups (broad SMARTS) is 1. The summed E-state index contributed by atoms with van der Waals surface area (Å²) in [4.78, 5) is 22.0. The van der Waals surface area contributed by atoms with Gasteiger partial charge in [-0.15, -0.1) is 0 Å². The van der Waals surface area contributed by atoms with Crippen molar-refractivity contribution >= 4 is 22.6 Å². The van der Waals surface area contributed by atoms with Crippen molar-refractivity contribution in [2.45, 2.75) is 44.2 Å². The molecule has 1 saturated heterocycles. The van der Waals surface area contributed by atoms with E-state index in [4.69, 9.17) is 4.74 Å². The first-order valence-electron chi connectivity index (χ1n) is 12.6. The smallest absolute Gasteiger partial charge is 0.339 e. The van der Waals surface area contributed by atoms with Crippen LogP contribution in [-0.4, -0.2) is 38.5 Å². The van der Waals surface area contributed by atoms with E-state index in [0.717, 1.165) is 42.4 Å². The molecule has 36 heavy (non-hydrogen) atoms. The van der Waals surface area contributed by atoms with E-state index in [-0.39, 0.29) is 5.56 Å². The van der Waals surface area contributed by atoms with Gasteiger partial charge in [0.15, 0.2) is 0 Å². The Hall–Kier alpha value is -3.90. The van der Waals surface area contributed by atoms with Crippen LogP contribution in [0.2, 0.25) is 0 Å². The fourth-order valence-corrected chi connectivity index (χ4v) is 5.73. The molecular weight excluding hydrogens is 450 g/mol. The van der Waals surface area contributed by atoms with E-state index < -0.39 is 5.97 Å². The molecule has 0 spiro atoms. The molecule has 4 aromatic rings. The lowest BCUT2D eigenvalue weighted by molar-refractivity contribution is 0.0694. The van der Waals surface area contributed by atoms with Gasteiger partial charge in [-0.05, 0) is 79.6 Å². The fraction of sp³-hybridized carbons (Fsp3) is 0.267. The van der Waals surface area contributed by atoms with Crippen LogP contribution in [0.15, 0.2) is 79.1 Å². The predicted octanol–water partition coefficient (Wildman–Crippen LogP) is 6.83. The van der Waals surface area contributed by atoms with Crippen molar-refractivity contribution in [1.82, 2.24) is 14.9 Å². The number of H-pyrrole nitrogens is 1. The van der Waals surface area contributed by atoms with Crippen LogP contribution in [0.25, 0.3) is 16.6 Å². The molecule has 3 heterocycles. The molecule has 6 rings (SSSR count). The van der Waals surface area contributed by atoms with Crippen LogP contribution in [0.5, 0.6) is 11.5 Å². The van der Waals surface area contributed by atoms with Crippen molar-refractivity contribution in [3.63, 3.8) is 0 Å². The summed E-state index contributed by atoms with van der Waals surface area (Å²) in [5, 5.41) is 10.7. The second-order valence-electron chi connectivity index (χ2n) is 9.67. The number of allylic oxidation sites excluding steroid dienone is 1. The zero-order chi connectivity index (χ0) is 24.5. The Balaban J connectivity index is 1.22. The second kappa shape index (κ2) is 9.63. The molecule has 2 unspecified atom stereocenters. The molecule has 1 aliphatic carbocycles. The lowest BCUT2D eigenvalue weighted by Gasteiger charge is -2.35. The van der Waals surface area contributed by atoms with E-state index in [1.165, 1.54) is 24.0 Å². The molecular formula is C30H29N3O3. The molecule has 6 nitrogen and oxygen atoms in total. The van der Waals surface area contributed by atoms with Gasteiger partial charge in [0.1, 0.15) is 22.7 Å². The molecule has 6 heteroatoms. The highest BCUT2D eigenvalue weighted by Crippen LogP contribution is 2.39. The molecule has 2 aromatic carbocycles. The quantitative estimate of drug-likeness (QED) is 0.317. The standard InChI is InChI=1S/C30H29N3O3/c34-30(35)26-13-10-22(18-28(26)36-25-17-23-14-15-31-29(23)32-19-25)20-8-11-24(12-9-20)33-16-4-7-27(33)21-5-2-1-3-6-21/h1-3,5-6,8,10,13-15,17-19,24,27H,4,7,9,11-12,16H2,(H,31,32)(H,34,35). The molecule has 2 N–H and O–H groups in total. The highest BCUT2D eigenvalue weighted by atomic mass is 16.5. The van der Waals surface area contributed by atoms with Crippen molar-refractivity contribution in [2.24, 2.45) is 0 Å². The van der Waals surface area contributed by atoms with Crippen LogP contribution >= 0.6 is 0 Å². The average molecular weight is 480 g/mol. The summed E-state index contributed by atoms with van der Waals surface area (Å²) in [5.74, 6) is -0.158. The van der Waals surface area contributed by atoms with Gasteiger partial charge in [0.05, 0.1) is 6.20 Å². The number of aromatic amines is 1. The molecule has 2 atom stereocenters. The number of nitrogens with one attached hydrogen (secondary N) is 1. The van der Waals surface area contributed by atoms with Gasteiger partial charge in [-0.2, -0.15) is 0 Å². The molecule has 182 valence electrons. The Bertz CT molecular complexity index is 1430. The van der Waals surface area contributed by atoms with Crippen molar-refractivity contribution in [1.29, 1.82) is 0 Å². The Morgan fingerprint density at radius 2 is 1.97 bits per heavy atom. The van der Waals surface area contributed by atoms with Gasteiger partial charge in [-0.1, -0.05) is 42.5 Å². The number of aromatic carboxylic acids is 1. The number of fused-ring (bicyclic) bond motifs is 1. The minimum Gasteiger partial charge on any atom is -0.478 e. The number of nitrogens with zero attached hydrogens (tertiary/aromatic N) is 2. The van der Waals surface area contributed by atoms with Gasteiger partial charge in [0.25, 0.3) is 0 Å². The van der Waals surface area contributed by atoms with E-state index >= 15 is 0 Å². The third-order valence-electron chi connectivity index (χ3n) is 7.52. The number of benzene rings is 2. The van der Waals surface area contributed by atoms with Gasteiger partial charge in [0.2, 0.25) is 0 Å². The molecule has 0 saturated carbocycles. The molecule has 1 fully saturated rings. The summed E-state index contributed by atoms with van der Waals surface area (Å²) in [7, 11) is 0. The van der Waals surface area contributed by atoms with Gasteiger partial charge >= 0.3 is 5.97 Å². The van der Waals surface area contributed by atoms with Gasteiger partial charge < -0.3 is 14.8 Å². The first kappa shape index (κ1) is 22.6. The summed E-state index contributed by atoms with van der Waals surface area (Å²) in [6.45, 7) is 1.15. The van der Waals surface area contributed by atoms with Gasteiger partial charge in [0, 0.05) is 23.7 Å². The highest BCUT2D eigenvalue weighted by molar-refractivity contribution is 5.92. The first-order valence-corrected chi connectivity index (χ1v) is 12.6. The summed E-state index contributed by atoms with van der Waals surface area (Å²) in [6.07, 6.45) is 11.3. The zero-order valence-electron chi connectivity index (χ0n) is 20.1. The van der Waals surface area contributed by atoms with E-state index in [1.54, 1.807) is 12.3 Å². The lowest BCUT2D eigenvalue weighted by Crippen LogP contribution is -2.35. The average Bonchev–Trinajstić information content (AvgIpc) is 3.59. The van der Waals surface area contributed by atoms with E-state index in [2.05, 4.69) is 51.3 Å². The van der Waals surface area contributed by atoms with Crippen molar-refractivity contribution in [3.8, 4) is 11.5 Å². The topological polar surface area (TPSA) is 78.4 Å². The monoisotopic (exact) mass is 479 g/mol. The number of rotatable bonds is 6. The van der Waals surface area contributed by atoms with E-state index in [9.17, 15) is 9.90 Å². The molecule has 2 aliphatic rings. The van der Waals surface area contributed by atoms with Crippen LogP contribution in [0.3, 0.4) is 0 Å². The maximum atomic E-state index is 11.9. The highest BCUT2D eigenvalue weighted by Gasteiger charge is 2.32. The second-order valence-corrected chi connectivity index (χ2v) is 9.67. The van der Waals surface area contributed by atoms with Crippen molar-refractivity contribution in [3.05, 3.63) is 95.8 Å². The fourth-order valence-electron chi connectivity index (χ4n) is 5.73. The van der Waals surface area contributed by atoms with Crippen LogP contribution < -0.4 is 4.74 Å². The molecule has 0 radical (unpaired) electrons. The lowest BCUT2D eigenvalue weighted by atomic mass is 9.88. The molecule has 0 amide bonds. The number of likely N-dealkylation sites (tertiary alicyclic amines) is 1. The number of pyridine rings is 1. The minimum absolute atomic E-state index is 0.143. The Kier molecular flexibility index (Phi) is 6.03. The number of carboxylic acids is 1. The number of carbonyl (C=O) groups is 1. The van der Waals surface area contributed by atoms with Crippen LogP contribution in [0.1, 0.15) is 59.6 Å². The van der Waals surface area contributed by atoms with E-state index in [1.807, 2.05) is 30.5 Å². The summed E-state index contributed by atoms with van der Waals surface area (Å²) >= 11 is 0. The minimum atomic E-state index is -1.01. The number of hydrogen-bond donors (Lipinski definition) is 2. The van der Waals surface area contributed by atoms with Gasteiger partial charge in [-0.3, -0.25) is 4.90 Å². The number of aromatic nitrogens is 2. The van der Waals surface area contributed by atoms with Crippen molar-refractivity contribution in [2.75, 3.05) is 6.54 Å². The SMILES string of the molecule is O=C(O)c1ccc(C2=CCC(N3CCCC3c3ccccc3)CC2)cc1Oc1cnc2[nH]ccc2c1. The molecule has 1 aliphatic heterocycles. The number of hydrogen-bond acceptors (Lipinski definition) is 4. The Morgan fingerprint density at radius 1 is 1.08 bits per heavy atom. The predicted molar refractivity (Wildman–Crippen MR) is 140 cm³/mol. The summed E-state index contributed by atoms with van der Waals surface area (Å²) in [5.41, 5.74) is 4.60. The largest absolute Gasteiger partial charge is 0.478 e. The third kappa shape index (κ3) is 4.40. The normalized spacial score (nSPS) is 20.4.